The molecule has 2 aliphatic heterocycles. The fourth-order valence-electron chi connectivity index (χ4n) is 3.86. The van der Waals surface area contributed by atoms with E-state index in [4.69, 9.17) is 0 Å². The molecule has 0 aromatic carbocycles. The summed E-state index contributed by atoms with van der Waals surface area (Å²) >= 11 is 0. The molecule has 0 saturated carbocycles. The van der Waals surface area contributed by atoms with Crippen molar-refractivity contribution in [1.82, 2.24) is 10.2 Å². The second kappa shape index (κ2) is 5.50. The highest BCUT2D eigenvalue weighted by atomic mass is 15.1. The average molecular weight is 224 g/mol. The predicted octanol–water partition coefficient (Wildman–Crippen LogP) is 2.50. The molecule has 2 aliphatic rings. The molecular formula is C14H28N2. The Balaban J connectivity index is 2.04. The summed E-state index contributed by atoms with van der Waals surface area (Å²) < 4.78 is 0. The molecule has 0 bridgehead atoms. The predicted molar refractivity (Wildman–Crippen MR) is 69.7 cm³/mol. The Morgan fingerprint density at radius 2 is 2.06 bits per heavy atom. The average Bonchev–Trinajstić information content (AvgIpc) is 2.53. The maximum absolute atomic E-state index is 3.59. The molecule has 1 spiro atoms. The molecule has 0 aliphatic carbocycles. The van der Waals surface area contributed by atoms with Crippen LogP contribution in [-0.4, -0.2) is 37.6 Å². The van der Waals surface area contributed by atoms with Gasteiger partial charge in [0.15, 0.2) is 0 Å². The number of hydrogen-bond acceptors (Lipinski definition) is 2. The van der Waals surface area contributed by atoms with Gasteiger partial charge >= 0.3 is 0 Å². The molecule has 0 aromatic rings. The van der Waals surface area contributed by atoms with E-state index >= 15 is 0 Å². The normalized spacial score (nSPS) is 37.5. The van der Waals surface area contributed by atoms with Crippen molar-refractivity contribution in [2.75, 3.05) is 32.7 Å². The van der Waals surface area contributed by atoms with E-state index in [1.165, 1.54) is 64.8 Å². The number of nitrogens with one attached hydrogen (secondary N) is 1. The highest BCUT2D eigenvalue weighted by Gasteiger charge is 2.40. The molecule has 0 aromatic heterocycles. The first-order valence-corrected chi connectivity index (χ1v) is 7.24. The van der Waals surface area contributed by atoms with E-state index in [1.54, 1.807) is 0 Å². The maximum Gasteiger partial charge on any atom is -0.00134 e. The Kier molecular flexibility index (Phi) is 4.26. The van der Waals surface area contributed by atoms with Gasteiger partial charge in [-0.3, -0.25) is 0 Å². The molecular weight excluding hydrogens is 196 g/mol. The molecule has 94 valence electrons. The third kappa shape index (κ3) is 2.43. The molecule has 2 heteroatoms. The summed E-state index contributed by atoms with van der Waals surface area (Å²) in [6, 6.07) is 0. The Morgan fingerprint density at radius 1 is 1.19 bits per heavy atom. The molecule has 2 saturated heterocycles. The van der Waals surface area contributed by atoms with E-state index in [0.717, 1.165) is 5.92 Å². The van der Waals surface area contributed by atoms with Crippen LogP contribution in [0.4, 0.5) is 0 Å². The summed E-state index contributed by atoms with van der Waals surface area (Å²) in [5, 5.41) is 3.59. The molecule has 2 atom stereocenters. The van der Waals surface area contributed by atoms with Crippen LogP contribution >= 0.6 is 0 Å². The molecule has 2 heterocycles. The number of nitrogens with zero attached hydrogens (tertiary/aromatic N) is 1. The lowest BCUT2D eigenvalue weighted by atomic mass is 9.65. The van der Waals surface area contributed by atoms with Crippen molar-refractivity contribution in [3.8, 4) is 0 Å². The van der Waals surface area contributed by atoms with Crippen molar-refractivity contribution in [2.24, 2.45) is 11.3 Å². The van der Waals surface area contributed by atoms with Crippen molar-refractivity contribution >= 4 is 0 Å². The SMILES string of the molecule is CCC1CNCCC12CCCN(CC)CC2. The van der Waals surface area contributed by atoms with Gasteiger partial charge in [0.05, 0.1) is 0 Å². The zero-order chi connectivity index (χ0) is 11.4. The van der Waals surface area contributed by atoms with Gasteiger partial charge in [-0.05, 0) is 69.7 Å². The fourth-order valence-corrected chi connectivity index (χ4v) is 3.86. The van der Waals surface area contributed by atoms with E-state index in [0.29, 0.717) is 5.41 Å². The van der Waals surface area contributed by atoms with Crippen LogP contribution in [0.1, 0.15) is 46.0 Å². The first-order chi connectivity index (χ1) is 7.80. The molecule has 0 amide bonds. The summed E-state index contributed by atoms with van der Waals surface area (Å²) in [5.41, 5.74) is 0.684. The standard InChI is InChI=1S/C14H28N2/c1-3-13-12-15-9-7-14(13)6-5-10-16(4-2)11-8-14/h13,15H,3-12H2,1-2H3. The fraction of sp³-hybridized carbons (Fsp3) is 1.00. The van der Waals surface area contributed by atoms with E-state index in [1.807, 2.05) is 0 Å². The topological polar surface area (TPSA) is 15.3 Å². The van der Waals surface area contributed by atoms with Crippen LogP contribution in [0.2, 0.25) is 0 Å². The van der Waals surface area contributed by atoms with E-state index in [9.17, 15) is 0 Å². The molecule has 2 fully saturated rings. The number of rotatable bonds is 2. The Morgan fingerprint density at radius 3 is 2.81 bits per heavy atom. The van der Waals surface area contributed by atoms with Gasteiger partial charge in [0.2, 0.25) is 0 Å². The minimum absolute atomic E-state index is 0.684. The van der Waals surface area contributed by atoms with Gasteiger partial charge in [-0.2, -0.15) is 0 Å². The Labute approximate surface area is 101 Å². The second-order valence-corrected chi connectivity index (χ2v) is 5.71. The summed E-state index contributed by atoms with van der Waals surface area (Å²) in [7, 11) is 0. The number of likely N-dealkylation sites (tertiary alicyclic amines) is 1. The highest BCUT2D eigenvalue weighted by molar-refractivity contribution is 4.93. The number of piperidine rings is 1. The zero-order valence-electron chi connectivity index (χ0n) is 11.1. The van der Waals surface area contributed by atoms with Crippen LogP contribution in [0.5, 0.6) is 0 Å². The van der Waals surface area contributed by atoms with Gasteiger partial charge in [-0.15, -0.1) is 0 Å². The minimum atomic E-state index is 0.684. The quantitative estimate of drug-likeness (QED) is 0.775. The lowest BCUT2D eigenvalue weighted by Crippen LogP contribution is -2.45. The second-order valence-electron chi connectivity index (χ2n) is 5.71. The lowest BCUT2D eigenvalue weighted by Gasteiger charge is -2.44. The third-order valence-electron chi connectivity index (χ3n) is 5.07. The third-order valence-corrected chi connectivity index (χ3v) is 5.07. The van der Waals surface area contributed by atoms with Crippen LogP contribution in [0.3, 0.4) is 0 Å². The monoisotopic (exact) mass is 224 g/mol. The summed E-state index contributed by atoms with van der Waals surface area (Å²) in [5.74, 6) is 0.929. The Hall–Kier alpha value is -0.0800. The van der Waals surface area contributed by atoms with Crippen molar-refractivity contribution in [1.29, 1.82) is 0 Å². The van der Waals surface area contributed by atoms with E-state index in [2.05, 4.69) is 24.1 Å². The Bertz CT molecular complexity index is 217. The minimum Gasteiger partial charge on any atom is -0.316 e. The summed E-state index contributed by atoms with van der Waals surface area (Å²) in [6.45, 7) is 11.1. The van der Waals surface area contributed by atoms with Crippen LogP contribution in [0.15, 0.2) is 0 Å². The smallest absolute Gasteiger partial charge is 0.00134 e. The van der Waals surface area contributed by atoms with Crippen LogP contribution in [0.25, 0.3) is 0 Å². The van der Waals surface area contributed by atoms with Crippen LogP contribution in [-0.2, 0) is 0 Å². The van der Waals surface area contributed by atoms with Gasteiger partial charge in [-0.1, -0.05) is 20.3 Å². The van der Waals surface area contributed by atoms with Crippen molar-refractivity contribution < 1.29 is 0 Å². The molecule has 2 rings (SSSR count). The van der Waals surface area contributed by atoms with Gasteiger partial charge in [0.1, 0.15) is 0 Å². The van der Waals surface area contributed by atoms with Crippen molar-refractivity contribution in [3.63, 3.8) is 0 Å². The van der Waals surface area contributed by atoms with Crippen LogP contribution in [0, 0.1) is 11.3 Å². The highest BCUT2D eigenvalue weighted by Crippen LogP contribution is 2.44. The maximum atomic E-state index is 3.59. The molecule has 1 N–H and O–H groups in total. The summed E-state index contributed by atoms with van der Waals surface area (Å²) in [6.07, 6.45) is 7.12. The van der Waals surface area contributed by atoms with Gasteiger partial charge in [0, 0.05) is 0 Å². The summed E-state index contributed by atoms with van der Waals surface area (Å²) in [4.78, 5) is 2.64. The van der Waals surface area contributed by atoms with Crippen LogP contribution < -0.4 is 5.32 Å². The van der Waals surface area contributed by atoms with Gasteiger partial charge in [-0.25, -0.2) is 0 Å². The first-order valence-electron chi connectivity index (χ1n) is 7.24. The largest absolute Gasteiger partial charge is 0.316 e. The lowest BCUT2D eigenvalue weighted by molar-refractivity contribution is 0.0833. The van der Waals surface area contributed by atoms with Crippen molar-refractivity contribution in [3.05, 3.63) is 0 Å². The van der Waals surface area contributed by atoms with E-state index in [-0.39, 0.29) is 0 Å². The zero-order valence-corrected chi connectivity index (χ0v) is 11.1. The molecule has 2 unspecified atom stereocenters. The van der Waals surface area contributed by atoms with Crippen molar-refractivity contribution in [2.45, 2.75) is 46.0 Å². The molecule has 0 radical (unpaired) electrons. The first kappa shape index (κ1) is 12.4. The van der Waals surface area contributed by atoms with E-state index < -0.39 is 0 Å². The van der Waals surface area contributed by atoms with Gasteiger partial charge in [0.25, 0.3) is 0 Å². The molecule has 16 heavy (non-hydrogen) atoms. The van der Waals surface area contributed by atoms with Gasteiger partial charge < -0.3 is 10.2 Å². The number of hydrogen-bond donors (Lipinski definition) is 1. The molecule has 2 nitrogen and oxygen atoms in total.